The van der Waals surface area contributed by atoms with Crippen LogP contribution in [0.4, 0.5) is 5.69 Å². The summed E-state index contributed by atoms with van der Waals surface area (Å²) in [5.41, 5.74) is 2.37. The van der Waals surface area contributed by atoms with Gasteiger partial charge in [-0.05, 0) is 84.3 Å². The molecule has 7 heteroatoms. The molecule has 0 aliphatic carbocycles. The van der Waals surface area contributed by atoms with Gasteiger partial charge in [-0.3, -0.25) is 4.79 Å². The lowest BCUT2D eigenvalue weighted by Gasteiger charge is -2.13. The number of amides is 1. The minimum atomic E-state index is -0.573. The van der Waals surface area contributed by atoms with E-state index in [4.69, 9.17) is 14.2 Å². The number of benzene rings is 4. The van der Waals surface area contributed by atoms with Crippen molar-refractivity contribution in [3.8, 4) is 17.6 Å². The molecule has 1 N–H and O–H groups in total. The van der Waals surface area contributed by atoms with E-state index in [1.54, 1.807) is 49.4 Å². The topological polar surface area (TPSA) is 97.7 Å². The summed E-state index contributed by atoms with van der Waals surface area (Å²) >= 11 is 0. The molecule has 1 amide bonds. The Morgan fingerprint density at radius 2 is 1.62 bits per heavy atom. The molecule has 0 aliphatic rings. The number of nitrogens with one attached hydrogen (secondary N) is 1. The highest BCUT2D eigenvalue weighted by Gasteiger charge is 2.13. The van der Waals surface area contributed by atoms with Crippen LogP contribution in [0.1, 0.15) is 35.3 Å². The number of hydrogen-bond acceptors (Lipinski definition) is 6. The Morgan fingerprint density at radius 1 is 0.846 bits per heavy atom. The second kappa shape index (κ2) is 12.9. The van der Waals surface area contributed by atoms with Gasteiger partial charge in [0.25, 0.3) is 5.91 Å². The van der Waals surface area contributed by atoms with Crippen LogP contribution in [0.15, 0.2) is 90.5 Å². The highest BCUT2D eigenvalue weighted by Crippen LogP contribution is 2.30. The van der Waals surface area contributed by atoms with Crippen LogP contribution in [0.5, 0.6) is 11.5 Å². The largest absolute Gasteiger partial charge is 0.490 e. The Morgan fingerprint density at radius 3 is 2.33 bits per heavy atom. The maximum Gasteiger partial charge on any atom is 0.338 e. The summed E-state index contributed by atoms with van der Waals surface area (Å²) in [6.45, 7) is 4.66. The number of carbonyl (C=O) groups is 2. The lowest BCUT2D eigenvalue weighted by atomic mass is 10.1. The Hall–Kier alpha value is -5.09. The summed E-state index contributed by atoms with van der Waals surface area (Å²) < 4.78 is 16.8. The van der Waals surface area contributed by atoms with E-state index in [0.717, 1.165) is 10.9 Å². The summed E-state index contributed by atoms with van der Waals surface area (Å²) in [6, 6.07) is 27.8. The predicted molar refractivity (Wildman–Crippen MR) is 151 cm³/mol. The van der Waals surface area contributed by atoms with Gasteiger partial charge >= 0.3 is 5.97 Å². The van der Waals surface area contributed by atoms with Crippen molar-refractivity contribution in [1.29, 1.82) is 5.26 Å². The molecular weight excluding hydrogens is 492 g/mol. The number of esters is 1. The summed E-state index contributed by atoms with van der Waals surface area (Å²) in [4.78, 5) is 24.6. The summed E-state index contributed by atoms with van der Waals surface area (Å²) in [5, 5.41) is 14.6. The van der Waals surface area contributed by atoms with E-state index in [1.807, 2.05) is 31.2 Å². The van der Waals surface area contributed by atoms with Crippen LogP contribution in [0, 0.1) is 11.3 Å². The van der Waals surface area contributed by atoms with Crippen molar-refractivity contribution in [3.63, 3.8) is 0 Å². The van der Waals surface area contributed by atoms with Crippen LogP contribution in [-0.4, -0.2) is 25.1 Å². The van der Waals surface area contributed by atoms with Crippen LogP contribution in [-0.2, 0) is 16.1 Å². The molecule has 0 aromatic heterocycles. The minimum Gasteiger partial charge on any atom is -0.490 e. The fourth-order valence-electron chi connectivity index (χ4n) is 3.91. The highest BCUT2D eigenvalue weighted by atomic mass is 16.5. The highest BCUT2D eigenvalue weighted by molar-refractivity contribution is 6.09. The number of hydrogen-bond donors (Lipinski definition) is 1. The molecule has 0 radical (unpaired) electrons. The Bertz CT molecular complexity index is 1550. The number of anilines is 1. The van der Waals surface area contributed by atoms with Crippen molar-refractivity contribution < 1.29 is 23.8 Å². The smallest absolute Gasteiger partial charge is 0.338 e. The van der Waals surface area contributed by atoms with Crippen LogP contribution >= 0.6 is 0 Å². The number of nitrogens with zero attached hydrogens (tertiary/aromatic N) is 1. The van der Waals surface area contributed by atoms with Crippen molar-refractivity contribution in [1.82, 2.24) is 0 Å². The van der Waals surface area contributed by atoms with Gasteiger partial charge in [0, 0.05) is 5.69 Å². The third kappa shape index (κ3) is 7.02. The molecule has 0 spiro atoms. The Labute approximate surface area is 227 Å². The molecule has 7 nitrogen and oxygen atoms in total. The zero-order chi connectivity index (χ0) is 27.6. The molecule has 4 rings (SSSR count). The zero-order valence-electron chi connectivity index (χ0n) is 21.8. The van der Waals surface area contributed by atoms with E-state index in [1.165, 1.54) is 11.5 Å². The monoisotopic (exact) mass is 520 g/mol. The second-order valence-electron chi connectivity index (χ2n) is 8.53. The van der Waals surface area contributed by atoms with Crippen molar-refractivity contribution in [3.05, 3.63) is 107 Å². The van der Waals surface area contributed by atoms with Gasteiger partial charge in [0.1, 0.15) is 18.2 Å². The third-order valence-electron chi connectivity index (χ3n) is 5.81. The Kier molecular flexibility index (Phi) is 8.94. The summed E-state index contributed by atoms with van der Waals surface area (Å²) in [6.07, 6.45) is 1.48. The SMILES string of the molecule is CCOC(=O)c1ccc(NC(=O)/C(C#N)=C/c2ccc(OCc3ccc4ccccc4c3)c(OCC)c2)cc1. The first-order chi connectivity index (χ1) is 19.0. The van der Waals surface area contributed by atoms with E-state index in [-0.39, 0.29) is 12.2 Å². The van der Waals surface area contributed by atoms with Gasteiger partial charge in [-0.15, -0.1) is 0 Å². The second-order valence-corrected chi connectivity index (χ2v) is 8.53. The summed E-state index contributed by atoms with van der Waals surface area (Å²) in [7, 11) is 0. The molecule has 0 heterocycles. The quantitative estimate of drug-likeness (QED) is 0.145. The molecular formula is C32H28N2O5. The van der Waals surface area contributed by atoms with E-state index in [9.17, 15) is 14.9 Å². The number of carbonyl (C=O) groups excluding carboxylic acids is 2. The third-order valence-corrected chi connectivity index (χ3v) is 5.81. The first-order valence-corrected chi connectivity index (χ1v) is 12.6. The van der Waals surface area contributed by atoms with E-state index in [2.05, 4.69) is 29.6 Å². The number of fused-ring (bicyclic) bond motifs is 1. The number of rotatable bonds is 10. The van der Waals surface area contributed by atoms with Gasteiger partial charge < -0.3 is 19.5 Å². The number of nitriles is 1. The Balaban J connectivity index is 1.47. The van der Waals surface area contributed by atoms with Gasteiger partial charge in [0.05, 0.1) is 18.8 Å². The molecule has 4 aromatic carbocycles. The van der Waals surface area contributed by atoms with Gasteiger partial charge in [0.2, 0.25) is 0 Å². The molecule has 4 aromatic rings. The lowest BCUT2D eigenvalue weighted by molar-refractivity contribution is -0.112. The number of ether oxygens (including phenoxy) is 3. The van der Waals surface area contributed by atoms with Crippen molar-refractivity contribution in [2.24, 2.45) is 0 Å². The molecule has 0 fully saturated rings. The average molecular weight is 521 g/mol. The van der Waals surface area contributed by atoms with Crippen molar-refractivity contribution in [2.75, 3.05) is 18.5 Å². The van der Waals surface area contributed by atoms with Crippen LogP contribution < -0.4 is 14.8 Å². The molecule has 0 saturated heterocycles. The standard InChI is InChI=1S/C32H28N2O5/c1-3-37-30-19-22(10-16-29(30)39-21-23-9-11-24-7-5-6-8-26(24)18-23)17-27(20-33)31(35)34-28-14-12-25(13-15-28)32(36)38-4-2/h5-19H,3-4,21H2,1-2H3,(H,34,35)/b27-17+. The normalized spacial score (nSPS) is 10.9. The molecule has 0 aliphatic heterocycles. The fraction of sp³-hybridized carbons (Fsp3) is 0.156. The predicted octanol–water partition coefficient (Wildman–Crippen LogP) is 6.54. The first-order valence-electron chi connectivity index (χ1n) is 12.6. The maximum atomic E-state index is 12.7. The summed E-state index contributed by atoms with van der Waals surface area (Å²) in [5.74, 6) is 0.0600. The first kappa shape index (κ1) is 27.0. The molecule has 39 heavy (non-hydrogen) atoms. The van der Waals surface area contributed by atoms with Crippen molar-refractivity contribution in [2.45, 2.75) is 20.5 Å². The fourth-order valence-corrected chi connectivity index (χ4v) is 3.91. The van der Waals surface area contributed by atoms with Crippen molar-refractivity contribution >= 4 is 34.4 Å². The molecule has 0 atom stereocenters. The van der Waals surface area contributed by atoms with Crippen LogP contribution in [0.25, 0.3) is 16.8 Å². The molecule has 0 saturated carbocycles. The maximum absolute atomic E-state index is 12.7. The van der Waals surface area contributed by atoms with Gasteiger partial charge in [0.15, 0.2) is 11.5 Å². The lowest BCUT2D eigenvalue weighted by Crippen LogP contribution is -2.13. The van der Waals surface area contributed by atoms with Gasteiger partial charge in [-0.25, -0.2) is 4.79 Å². The zero-order valence-corrected chi connectivity index (χ0v) is 21.8. The molecule has 0 bridgehead atoms. The van der Waals surface area contributed by atoms with Crippen LogP contribution in [0.3, 0.4) is 0 Å². The molecule has 0 unspecified atom stereocenters. The molecule has 196 valence electrons. The van der Waals surface area contributed by atoms with E-state index < -0.39 is 11.9 Å². The van der Waals surface area contributed by atoms with Gasteiger partial charge in [-0.2, -0.15) is 5.26 Å². The van der Waals surface area contributed by atoms with Crippen LogP contribution in [0.2, 0.25) is 0 Å². The average Bonchev–Trinajstić information content (AvgIpc) is 2.96. The van der Waals surface area contributed by atoms with E-state index in [0.29, 0.717) is 41.5 Å². The van der Waals surface area contributed by atoms with E-state index >= 15 is 0 Å². The van der Waals surface area contributed by atoms with Gasteiger partial charge in [-0.1, -0.05) is 42.5 Å². The minimum absolute atomic E-state index is 0.0863.